The molecule has 0 aliphatic carbocycles. The molecule has 1 atom stereocenters. The van der Waals surface area contributed by atoms with Gasteiger partial charge < -0.3 is 42.6 Å². The molecule has 398 valence electrons. The monoisotopic (exact) mass is 1060 g/mol. The molecule has 0 radical (unpaired) electrons. The number of benzene rings is 4. The van der Waals surface area contributed by atoms with Gasteiger partial charge in [-0.05, 0) is 125 Å². The molecule has 76 heavy (non-hydrogen) atoms. The Morgan fingerprint density at radius 1 is 0.711 bits per heavy atom. The fourth-order valence-electron chi connectivity index (χ4n) is 7.23. The zero-order chi connectivity index (χ0) is 54.9. The maximum absolute atomic E-state index is 13.6. The molecule has 0 saturated carbocycles. The molecule has 0 spiro atoms. The van der Waals surface area contributed by atoms with Crippen LogP contribution in [-0.2, 0) is 54.0 Å². The minimum absolute atomic E-state index is 0.0251. The van der Waals surface area contributed by atoms with Gasteiger partial charge in [-0.1, -0.05) is 37.9 Å². The van der Waals surface area contributed by atoms with Crippen LogP contribution in [0.15, 0.2) is 134 Å². The minimum atomic E-state index is -0.854. The number of aliphatic imine (C=N–C) groups is 1. The summed E-state index contributed by atoms with van der Waals surface area (Å²) < 4.78 is 51.1. The molecule has 0 aliphatic rings. The number of thiazole rings is 1. The molecule has 0 N–H and O–H groups in total. The van der Waals surface area contributed by atoms with Crippen LogP contribution in [0.2, 0.25) is 0 Å². The number of aromatic nitrogens is 1. The smallest absolute Gasteiger partial charge is 0.343 e. The molecule has 17 nitrogen and oxygen atoms in total. The maximum atomic E-state index is 13.6. The molecule has 0 fully saturated rings. The van der Waals surface area contributed by atoms with E-state index in [9.17, 15) is 28.8 Å². The Balaban J connectivity index is 1.21. The van der Waals surface area contributed by atoms with E-state index in [4.69, 9.17) is 42.6 Å². The lowest BCUT2D eigenvalue weighted by atomic mass is 9.92. The zero-order valence-corrected chi connectivity index (χ0v) is 43.7. The number of ether oxygens (including phenoxy) is 9. The summed E-state index contributed by atoms with van der Waals surface area (Å²) in [6.07, 6.45) is 5.39. The third-order valence-corrected chi connectivity index (χ3v) is 11.4. The summed E-state index contributed by atoms with van der Waals surface area (Å²) in [6.45, 7) is 17.6. The molecule has 1 heterocycles. The van der Waals surface area contributed by atoms with Crippen molar-refractivity contribution < 1.29 is 71.4 Å². The SMILES string of the molecule is C=CC(=O)OCCCCOCC(COc1ccc(C(=O)Oc2ccc(CCOC(=O)c3ccc(OC(C)(C)CC(C)(C)OC(=O)C=C)cc3)cc2C=NC#Cc2nc3ccccc3s2)cc1)OC(=O)CCOC(=O)C=C. The number of fused-ring (bicyclic) bond motifs is 1. The second-order valence-electron chi connectivity index (χ2n) is 17.8. The summed E-state index contributed by atoms with van der Waals surface area (Å²) in [5.41, 5.74) is 0.980. The molecule has 5 aromatic rings. The first-order valence-corrected chi connectivity index (χ1v) is 24.9. The average Bonchev–Trinajstić information content (AvgIpc) is 3.82. The molecule has 0 amide bonds. The molecule has 0 aliphatic heterocycles. The van der Waals surface area contributed by atoms with Crippen LogP contribution >= 0.6 is 11.3 Å². The minimum Gasteiger partial charge on any atom is -0.490 e. The number of para-hydroxylation sites is 1. The van der Waals surface area contributed by atoms with Gasteiger partial charge in [-0.15, -0.1) is 11.3 Å². The van der Waals surface area contributed by atoms with Crippen molar-refractivity contribution in [2.24, 2.45) is 4.99 Å². The topological polar surface area (TPSA) is 211 Å². The molecule has 5 rings (SSSR count). The second-order valence-corrected chi connectivity index (χ2v) is 18.8. The van der Waals surface area contributed by atoms with Crippen molar-refractivity contribution in [3.63, 3.8) is 0 Å². The van der Waals surface area contributed by atoms with Crippen LogP contribution in [-0.4, -0.2) is 104 Å². The van der Waals surface area contributed by atoms with Crippen LogP contribution in [0.3, 0.4) is 0 Å². The third kappa shape index (κ3) is 20.5. The average molecular weight is 1060 g/mol. The van der Waals surface area contributed by atoms with Crippen molar-refractivity contribution in [2.75, 3.05) is 39.6 Å². The van der Waals surface area contributed by atoms with Gasteiger partial charge in [0.15, 0.2) is 11.1 Å². The summed E-state index contributed by atoms with van der Waals surface area (Å²) in [5.74, 6) is 0.422. The van der Waals surface area contributed by atoms with Gasteiger partial charge in [0, 0.05) is 55.5 Å². The van der Waals surface area contributed by atoms with E-state index in [1.165, 1.54) is 29.7 Å². The molecule has 1 aromatic heterocycles. The predicted molar refractivity (Wildman–Crippen MR) is 284 cm³/mol. The number of hydrogen-bond acceptors (Lipinski definition) is 18. The van der Waals surface area contributed by atoms with E-state index in [0.29, 0.717) is 53.3 Å². The van der Waals surface area contributed by atoms with Crippen molar-refractivity contribution in [2.45, 2.75) is 77.1 Å². The Bertz CT molecular complexity index is 2900. The van der Waals surface area contributed by atoms with E-state index in [-0.39, 0.29) is 57.4 Å². The van der Waals surface area contributed by atoms with Gasteiger partial charge in [-0.3, -0.25) is 4.79 Å². The standard InChI is InChI=1S/C58H60N2O15S/c1-8-51(61)68-32-14-13-31-67-37-46(72-54(64)29-34-69-52(62)9-2)38-71-44-22-18-42(19-23-44)56(66)73-48-26-17-40(35-43(48)36-59-30-27-50-60-47-15-11-12-16-49(47)76-50)28-33-70-55(65)41-20-24-45(25-21-41)74-57(4,5)39-58(6,7)75-53(63)10-3/h8-12,15-26,35-36,46H,1-3,13-14,28-29,31-34,37-39H2,4-7H3. The van der Waals surface area contributed by atoms with Gasteiger partial charge in [0.1, 0.15) is 41.7 Å². The highest BCUT2D eigenvalue weighted by molar-refractivity contribution is 7.19. The molecule has 1 unspecified atom stereocenters. The van der Waals surface area contributed by atoms with Crippen LogP contribution in [0, 0.1) is 12.0 Å². The van der Waals surface area contributed by atoms with Crippen LogP contribution in [0.25, 0.3) is 10.2 Å². The summed E-state index contributed by atoms with van der Waals surface area (Å²) in [7, 11) is 0. The van der Waals surface area contributed by atoms with E-state index in [0.717, 1.165) is 34.0 Å². The van der Waals surface area contributed by atoms with Crippen LogP contribution in [0.4, 0.5) is 0 Å². The lowest BCUT2D eigenvalue weighted by Gasteiger charge is -2.34. The number of carbonyl (C=O) groups excluding carboxylic acids is 6. The Kier molecular flexibility index (Phi) is 22.7. The van der Waals surface area contributed by atoms with E-state index < -0.39 is 53.1 Å². The lowest BCUT2D eigenvalue weighted by molar-refractivity contribution is -0.156. The molecule has 18 heteroatoms. The first-order valence-electron chi connectivity index (χ1n) is 24.1. The largest absolute Gasteiger partial charge is 0.490 e. The summed E-state index contributed by atoms with van der Waals surface area (Å²) in [6, 6.07) is 28.2. The fourth-order valence-corrected chi connectivity index (χ4v) is 8.05. The zero-order valence-electron chi connectivity index (χ0n) is 42.9. The highest BCUT2D eigenvalue weighted by Gasteiger charge is 2.33. The van der Waals surface area contributed by atoms with Gasteiger partial charge in [0.05, 0.1) is 47.6 Å². The maximum Gasteiger partial charge on any atom is 0.343 e. The number of rotatable bonds is 29. The van der Waals surface area contributed by atoms with Crippen molar-refractivity contribution >= 4 is 63.6 Å². The highest BCUT2D eigenvalue weighted by Crippen LogP contribution is 2.29. The fraction of sp³-hybridized carbons (Fsp3) is 0.310. The Hall–Kier alpha value is -8.40. The first kappa shape index (κ1) is 58.5. The number of nitrogens with zero attached hydrogens (tertiary/aromatic N) is 2. The quantitative estimate of drug-likeness (QED) is 0.00830. The summed E-state index contributed by atoms with van der Waals surface area (Å²) in [5, 5.41) is 0.581. The number of unbranched alkanes of at least 4 members (excludes halogenated alkanes) is 1. The molecule has 4 aromatic carbocycles. The van der Waals surface area contributed by atoms with Gasteiger partial charge in [0.2, 0.25) is 0 Å². The first-order chi connectivity index (χ1) is 36.4. The normalized spacial score (nSPS) is 11.5. The van der Waals surface area contributed by atoms with Crippen LogP contribution in [0.1, 0.15) is 90.2 Å². The highest BCUT2D eigenvalue weighted by atomic mass is 32.1. The Morgan fingerprint density at radius 3 is 2.07 bits per heavy atom. The second kappa shape index (κ2) is 29.5. The molecule has 0 saturated heterocycles. The molecule has 0 bridgehead atoms. The number of esters is 6. The van der Waals surface area contributed by atoms with Crippen molar-refractivity contribution in [3.05, 3.63) is 156 Å². The van der Waals surface area contributed by atoms with Crippen LogP contribution in [0.5, 0.6) is 17.2 Å². The van der Waals surface area contributed by atoms with Gasteiger partial charge in [-0.2, -0.15) is 0 Å². The lowest BCUT2D eigenvalue weighted by Crippen LogP contribution is -2.40. The predicted octanol–water partition coefficient (Wildman–Crippen LogP) is 9.33. The summed E-state index contributed by atoms with van der Waals surface area (Å²) in [4.78, 5) is 82.5. The Morgan fingerprint density at radius 2 is 1.37 bits per heavy atom. The van der Waals surface area contributed by atoms with Gasteiger partial charge in [-0.25, -0.2) is 33.9 Å². The van der Waals surface area contributed by atoms with E-state index in [2.05, 4.69) is 41.7 Å². The van der Waals surface area contributed by atoms with Crippen molar-refractivity contribution in [3.8, 4) is 29.2 Å². The van der Waals surface area contributed by atoms with E-state index in [1.54, 1.807) is 68.4 Å². The van der Waals surface area contributed by atoms with Crippen molar-refractivity contribution in [1.29, 1.82) is 0 Å². The third-order valence-electron chi connectivity index (χ3n) is 10.4. The van der Waals surface area contributed by atoms with Gasteiger partial charge >= 0.3 is 35.8 Å². The molecular formula is C58H60N2O15S. The van der Waals surface area contributed by atoms with Crippen molar-refractivity contribution in [1.82, 2.24) is 4.98 Å². The number of hydrogen-bond donors (Lipinski definition) is 0. The Labute approximate surface area is 445 Å². The van der Waals surface area contributed by atoms with Gasteiger partial charge in [0.25, 0.3) is 0 Å². The summed E-state index contributed by atoms with van der Waals surface area (Å²) >= 11 is 1.43. The van der Waals surface area contributed by atoms with E-state index >= 15 is 0 Å². The van der Waals surface area contributed by atoms with E-state index in [1.807, 2.05) is 38.1 Å². The molecular weight excluding hydrogens is 997 g/mol. The number of carbonyl (C=O) groups is 6. The van der Waals surface area contributed by atoms with Crippen LogP contribution < -0.4 is 14.2 Å².